The first-order chi connectivity index (χ1) is 17.0. The van der Waals surface area contributed by atoms with E-state index in [0.29, 0.717) is 18.5 Å². The third-order valence-corrected chi connectivity index (χ3v) is 5.78. The van der Waals surface area contributed by atoms with E-state index in [9.17, 15) is 9.59 Å². The number of para-hydroxylation sites is 1. The minimum atomic E-state index is -0.147. The van der Waals surface area contributed by atoms with E-state index in [0.717, 1.165) is 34.7 Å². The summed E-state index contributed by atoms with van der Waals surface area (Å²) in [5, 5.41) is 2.92. The average molecular weight is 468 g/mol. The maximum absolute atomic E-state index is 12.7. The van der Waals surface area contributed by atoms with Gasteiger partial charge in [-0.2, -0.15) is 0 Å². The first-order valence-corrected chi connectivity index (χ1v) is 11.7. The summed E-state index contributed by atoms with van der Waals surface area (Å²) in [4.78, 5) is 40.1. The van der Waals surface area contributed by atoms with Crippen molar-refractivity contribution in [3.63, 3.8) is 0 Å². The van der Waals surface area contributed by atoms with Crippen LogP contribution in [0.1, 0.15) is 41.0 Å². The fourth-order valence-corrected chi connectivity index (χ4v) is 4.08. The molecule has 1 fully saturated rings. The largest absolute Gasteiger partial charge is 0.350 e. The Morgan fingerprint density at radius 2 is 1.91 bits per heavy atom. The normalized spacial score (nSPS) is 16.1. The van der Waals surface area contributed by atoms with Crippen molar-refractivity contribution in [1.29, 1.82) is 0 Å². The number of ketones is 1. The molecule has 0 bridgehead atoms. The zero-order valence-corrected chi connectivity index (χ0v) is 20.0. The smallest absolute Gasteiger partial charge is 0.239 e. The topological polar surface area (TPSA) is 87.6 Å². The molecule has 0 spiro atoms. The summed E-state index contributed by atoms with van der Waals surface area (Å²) in [5.41, 5.74) is 4.25. The van der Waals surface area contributed by atoms with Crippen molar-refractivity contribution in [1.82, 2.24) is 15.3 Å². The second-order valence-corrected chi connectivity index (χ2v) is 8.57. The predicted molar refractivity (Wildman–Crippen MR) is 139 cm³/mol. The Bertz CT molecular complexity index is 1250. The number of hydrogen-bond acceptors (Lipinski definition) is 6. The van der Waals surface area contributed by atoms with Crippen LogP contribution in [0.25, 0.3) is 0 Å². The van der Waals surface area contributed by atoms with Gasteiger partial charge in [0.2, 0.25) is 11.7 Å². The number of carbonyl (C=O) groups excluding carboxylic acids is 2. The Morgan fingerprint density at radius 1 is 1.14 bits per heavy atom. The number of rotatable bonds is 8. The van der Waals surface area contributed by atoms with Crippen LogP contribution in [0.5, 0.6) is 0 Å². The summed E-state index contributed by atoms with van der Waals surface area (Å²) in [6.45, 7) is 4.90. The number of hydrogen-bond donors (Lipinski definition) is 1. The number of carbonyl (C=O) groups is 2. The van der Waals surface area contributed by atoms with E-state index in [4.69, 9.17) is 0 Å². The van der Waals surface area contributed by atoms with Gasteiger partial charge in [0.25, 0.3) is 0 Å². The molecular weight excluding hydrogens is 438 g/mol. The maximum atomic E-state index is 12.7. The zero-order chi connectivity index (χ0) is 24.6. The number of nitrogens with zero attached hydrogens (tertiary/aromatic N) is 4. The Morgan fingerprint density at radius 3 is 2.69 bits per heavy atom. The monoisotopic (exact) mass is 467 g/mol. The van der Waals surface area contributed by atoms with Crippen molar-refractivity contribution in [2.45, 2.75) is 32.7 Å². The highest BCUT2D eigenvalue weighted by molar-refractivity contribution is 6.35. The van der Waals surface area contributed by atoms with Crippen LogP contribution in [0, 0.1) is 0 Å². The maximum Gasteiger partial charge on any atom is 0.239 e. The van der Waals surface area contributed by atoms with Crippen molar-refractivity contribution in [2.75, 3.05) is 18.0 Å². The minimum Gasteiger partial charge on any atom is -0.350 e. The Kier molecular flexibility index (Phi) is 7.77. The van der Waals surface area contributed by atoms with Gasteiger partial charge in [0.05, 0.1) is 24.1 Å². The second-order valence-electron chi connectivity index (χ2n) is 8.57. The van der Waals surface area contributed by atoms with E-state index in [2.05, 4.69) is 26.4 Å². The number of amides is 1. The summed E-state index contributed by atoms with van der Waals surface area (Å²) < 4.78 is 0. The van der Waals surface area contributed by atoms with Gasteiger partial charge >= 0.3 is 0 Å². The number of benzene rings is 2. The number of allylic oxidation sites excluding steroid dienone is 2. The molecule has 1 saturated heterocycles. The van der Waals surface area contributed by atoms with E-state index < -0.39 is 0 Å². The number of aliphatic imine (C=N–C) groups is 1. The molecule has 7 heteroatoms. The van der Waals surface area contributed by atoms with Gasteiger partial charge in [-0.1, -0.05) is 54.6 Å². The van der Waals surface area contributed by atoms with Crippen molar-refractivity contribution < 1.29 is 9.59 Å². The molecule has 1 aliphatic heterocycles. The van der Waals surface area contributed by atoms with Crippen LogP contribution in [0.3, 0.4) is 0 Å². The molecular formula is C28H29N5O2. The number of Topliss-reactive ketones (excluding diaryl/α,β-unsaturated/α-hetero) is 1. The van der Waals surface area contributed by atoms with Crippen molar-refractivity contribution in [3.8, 4) is 0 Å². The number of aromatic nitrogens is 2. The van der Waals surface area contributed by atoms with Gasteiger partial charge < -0.3 is 10.2 Å². The summed E-state index contributed by atoms with van der Waals surface area (Å²) in [5.74, 6) is 0.554. The van der Waals surface area contributed by atoms with Gasteiger partial charge in [0, 0.05) is 37.0 Å². The van der Waals surface area contributed by atoms with Gasteiger partial charge in [-0.3, -0.25) is 19.6 Å². The molecule has 1 aliphatic rings. The minimum absolute atomic E-state index is 0.0191. The molecule has 7 nitrogen and oxygen atoms in total. The van der Waals surface area contributed by atoms with Crippen molar-refractivity contribution in [3.05, 3.63) is 95.5 Å². The van der Waals surface area contributed by atoms with E-state index in [-0.39, 0.29) is 24.3 Å². The fourth-order valence-electron chi connectivity index (χ4n) is 4.08. The number of piperazine rings is 1. The molecule has 1 aromatic heterocycles. The molecule has 178 valence electrons. The van der Waals surface area contributed by atoms with E-state index in [1.54, 1.807) is 12.4 Å². The number of nitrogens with one attached hydrogen (secondary N) is 1. The van der Waals surface area contributed by atoms with Crippen LogP contribution in [0.2, 0.25) is 0 Å². The van der Waals surface area contributed by atoms with Gasteiger partial charge in [-0.15, -0.1) is 0 Å². The molecule has 2 heterocycles. The quantitative estimate of drug-likeness (QED) is 0.306. The third kappa shape index (κ3) is 6.26. The van der Waals surface area contributed by atoms with Crippen LogP contribution in [-0.4, -0.2) is 47.0 Å². The van der Waals surface area contributed by atoms with Gasteiger partial charge in [-0.25, -0.2) is 4.98 Å². The molecule has 1 atom stereocenters. The molecule has 1 amide bonds. The first-order valence-electron chi connectivity index (χ1n) is 11.7. The molecule has 0 radical (unpaired) electrons. The summed E-state index contributed by atoms with van der Waals surface area (Å²) in [6.07, 6.45) is 10.1. The van der Waals surface area contributed by atoms with Crippen molar-refractivity contribution >= 4 is 29.4 Å². The lowest BCUT2D eigenvalue weighted by Gasteiger charge is -2.32. The van der Waals surface area contributed by atoms with Gasteiger partial charge in [0.1, 0.15) is 0 Å². The first kappa shape index (κ1) is 24.0. The molecule has 0 aliphatic carbocycles. The summed E-state index contributed by atoms with van der Waals surface area (Å²) in [7, 11) is 0. The average Bonchev–Trinajstić information content (AvgIpc) is 2.86. The molecule has 3 aromatic rings. The Hall–Kier alpha value is -4.13. The summed E-state index contributed by atoms with van der Waals surface area (Å²) >= 11 is 0. The highest BCUT2D eigenvalue weighted by Crippen LogP contribution is 2.21. The number of anilines is 1. The highest BCUT2D eigenvalue weighted by Gasteiger charge is 2.24. The predicted octanol–water partition coefficient (Wildman–Crippen LogP) is 4.10. The van der Waals surface area contributed by atoms with Crippen LogP contribution < -0.4 is 10.2 Å². The molecule has 1 unspecified atom stereocenters. The van der Waals surface area contributed by atoms with Crippen LogP contribution >= 0.6 is 0 Å². The van der Waals surface area contributed by atoms with E-state index in [1.165, 1.54) is 6.21 Å². The van der Waals surface area contributed by atoms with Gasteiger partial charge in [0.15, 0.2) is 5.82 Å². The lowest BCUT2D eigenvalue weighted by molar-refractivity contribution is -0.121. The zero-order valence-electron chi connectivity index (χ0n) is 20.0. The lowest BCUT2D eigenvalue weighted by atomic mass is 10.0. The Balaban J connectivity index is 1.46. The van der Waals surface area contributed by atoms with Crippen molar-refractivity contribution in [2.24, 2.45) is 4.99 Å². The Labute approximate surface area is 205 Å². The van der Waals surface area contributed by atoms with E-state index in [1.807, 2.05) is 73.4 Å². The SMILES string of the molecule is C/C=C/Cc1ccccc1/N=C/C(=O)c1ccc(Cc2nccnc2N2CC(=O)NC(C)C2)cc1. The standard InChI is InChI=1S/C28H29N5O2/c1-3-4-7-22-8-5-6-9-24(22)31-17-26(34)23-12-10-21(11-13-23)16-25-28(30-15-14-29-25)33-18-20(2)32-27(35)19-33/h3-6,8-15,17,20H,7,16,18-19H2,1-2H3,(H,32,35)/b4-3+,31-17+. The fraction of sp³-hybridized carbons (Fsp3) is 0.250. The molecule has 0 saturated carbocycles. The van der Waals surface area contributed by atoms with Gasteiger partial charge in [-0.05, 0) is 37.5 Å². The third-order valence-electron chi connectivity index (χ3n) is 5.78. The van der Waals surface area contributed by atoms with Crippen LogP contribution in [-0.2, 0) is 17.6 Å². The highest BCUT2D eigenvalue weighted by atomic mass is 16.2. The molecule has 2 aromatic carbocycles. The van der Waals surface area contributed by atoms with Crippen LogP contribution in [0.15, 0.2) is 78.1 Å². The summed E-state index contributed by atoms with van der Waals surface area (Å²) in [6, 6.07) is 15.3. The molecule has 35 heavy (non-hydrogen) atoms. The van der Waals surface area contributed by atoms with Crippen LogP contribution in [0.4, 0.5) is 11.5 Å². The van der Waals surface area contributed by atoms with E-state index >= 15 is 0 Å². The lowest BCUT2D eigenvalue weighted by Crippen LogP contribution is -2.53. The molecule has 4 rings (SSSR count). The molecule has 1 N–H and O–H groups in total. The second kappa shape index (κ2) is 11.3.